The number of carbonyl (C=O) groups is 1. The summed E-state index contributed by atoms with van der Waals surface area (Å²) in [5, 5.41) is 9.75. The van der Waals surface area contributed by atoms with Crippen molar-refractivity contribution < 1.29 is 14.6 Å². The number of aliphatic hydroxyl groups is 1. The van der Waals surface area contributed by atoms with Gasteiger partial charge >= 0.3 is 5.97 Å². The lowest BCUT2D eigenvalue weighted by Crippen LogP contribution is -2.35. The molecule has 0 aromatic rings. The number of hydrogen-bond donors (Lipinski definition) is 1. The first kappa shape index (κ1) is 9.93. The van der Waals surface area contributed by atoms with E-state index in [1.165, 1.54) is 6.92 Å². The minimum Gasteiger partial charge on any atom is -0.466 e. The Morgan fingerprint density at radius 3 is 2.93 bits per heavy atom. The van der Waals surface area contributed by atoms with Gasteiger partial charge in [-0.2, -0.15) is 0 Å². The van der Waals surface area contributed by atoms with Gasteiger partial charge in [-0.1, -0.05) is 0 Å². The Morgan fingerprint density at radius 2 is 2.21 bits per heavy atom. The second-order valence-corrected chi connectivity index (χ2v) is 4.23. The molecular weight excluding hydrogens is 182 g/mol. The second kappa shape index (κ2) is 3.87. The average molecular weight is 199 g/mol. The third-order valence-electron chi connectivity index (χ3n) is 3.30. The highest BCUT2D eigenvalue weighted by Crippen LogP contribution is 2.33. The van der Waals surface area contributed by atoms with Gasteiger partial charge in [0.2, 0.25) is 0 Å². The van der Waals surface area contributed by atoms with Gasteiger partial charge in [-0.05, 0) is 19.4 Å². The third-order valence-corrected chi connectivity index (χ3v) is 3.30. The van der Waals surface area contributed by atoms with E-state index in [1.54, 1.807) is 0 Å². The van der Waals surface area contributed by atoms with Crippen LogP contribution in [0.5, 0.6) is 0 Å². The van der Waals surface area contributed by atoms with E-state index in [4.69, 9.17) is 4.74 Å². The number of ether oxygens (including phenoxy) is 1. The molecule has 0 radical (unpaired) electrons. The molecule has 4 heteroatoms. The van der Waals surface area contributed by atoms with Gasteiger partial charge in [0, 0.05) is 25.4 Å². The Balaban J connectivity index is 1.90. The Bertz CT molecular complexity index is 231. The second-order valence-electron chi connectivity index (χ2n) is 4.23. The molecule has 4 nitrogen and oxygen atoms in total. The fourth-order valence-electron chi connectivity index (χ4n) is 2.64. The van der Waals surface area contributed by atoms with Gasteiger partial charge in [-0.25, -0.2) is 0 Å². The molecule has 0 aliphatic carbocycles. The lowest BCUT2D eigenvalue weighted by Gasteiger charge is -2.22. The topological polar surface area (TPSA) is 49.8 Å². The summed E-state index contributed by atoms with van der Waals surface area (Å²) >= 11 is 0. The van der Waals surface area contributed by atoms with Crippen molar-refractivity contribution in [3.05, 3.63) is 0 Å². The summed E-state index contributed by atoms with van der Waals surface area (Å²) in [6.45, 7) is 3.92. The van der Waals surface area contributed by atoms with E-state index in [0.717, 1.165) is 25.9 Å². The van der Waals surface area contributed by atoms with Crippen LogP contribution in [-0.4, -0.2) is 47.8 Å². The Hall–Kier alpha value is -0.610. The molecule has 3 atom stereocenters. The van der Waals surface area contributed by atoms with Gasteiger partial charge < -0.3 is 9.84 Å². The van der Waals surface area contributed by atoms with E-state index in [2.05, 4.69) is 4.90 Å². The molecule has 0 aromatic carbocycles. The van der Waals surface area contributed by atoms with Crippen molar-refractivity contribution in [1.29, 1.82) is 0 Å². The van der Waals surface area contributed by atoms with E-state index in [-0.39, 0.29) is 18.1 Å². The molecule has 2 saturated heterocycles. The summed E-state index contributed by atoms with van der Waals surface area (Å²) in [6.07, 6.45) is 1.68. The lowest BCUT2D eigenvalue weighted by molar-refractivity contribution is -0.142. The zero-order chi connectivity index (χ0) is 10.1. The minimum absolute atomic E-state index is 0.224. The molecule has 0 bridgehead atoms. The maximum Gasteiger partial charge on any atom is 0.302 e. The fraction of sp³-hybridized carbons (Fsp3) is 0.900. The van der Waals surface area contributed by atoms with Gasteiger partial charge in [0.25, 0.3) is 0 Å². The minimum atomic E-state index is -0.226. The zero-order valence-electron chi connectivity index (χ0n) is 8.48. The Labute approximate surface area is 83.8 Å². The molecule has 0 spiro atoms. The van der Waals surface area contributed by atoms with Crippen LogP contribution in [-0.2, 0) is 9.53 Å². The predicted octanol–water partition coefficient (Wildman–Crippen LogP) is 0.00460. The van der Waals surface area contributed by atoms with Crippen molar-refractivity contribution in [1.82, 2.24) is 4.90 Å². The molecule has 0 aromatic heterocycles. The van der Waals surface area contributed by atoms with Crippen LogP contribution in [0.25, 0.3) is 0 Å². The number of hydrogen-bond acceptors (Lipinski definition) is 4. The molecule has 80 valence electrons. The third kappa shape index (κ3) is 1.77. The first-order chi connectivity index (χ1) is 6.68. The molecule has 2 heterocycles. The van der Waals surface area contributed by atoms with Gasteiger partial charge in [0.05, 0.1) is 12.7 Å². The highest BCUT2D eigenvalue weighted by Gasteiger charge is 2.43. The molecule has 1 N–H and O–H groups in total. The van der Waals surface area contributed by atoms with E-state index in [0.29, 0.717) is 12.5 Å². The molecule has 0 amide bonds. The largest absolute Gasteiger partial charge is 0.466 e. The molecule has 14 heavy (non-hydrogen) atoms. The summed E-state index contributed by atoms with van der Waals surface area (Å²) in [6, 6.07) is 0.231. The maximum absolute atomic E-state index is 10.7. The van der Waals surface area contributed by atoms with Crippen molar-refractivity contribution in [3.63, 3.8) is 0 Å². The standard InChI is InChI=1S/C10H17NO3/c1-7(12)14-6-8-2-4-11-5-3-9(13)10(8)11/h8-10,13H,2-6H2,1H3/t8-,9-,10?/m1/s1. The van der Waals surface area contributed by atoms with Crippen LogP contribution in [0, 0.1) is 5.92 Å². The molecule has 2 rings (SSSR count). The molecule has 0 saturated carbocycles. The fourth-order valence-corrected chi connectivity index (χ4v) is 2.64. The summed E-state index contributed by atoms with van der Waals surface area (Å²) in [4.78, 5) is 13.0. The van der Waals surface area contributed by atoms with E-state index < -0.39 is 0 Å². The molecule has 1 unspecified atom stereocenters. The van der Waals surface area contributed by atoms with Crippen LogP contribution in [0.2, 0.25) is 0 Å². The Kier molecular flexibility index (Phi) is 2.74. The van der Waals surface area contributed by atoms with E-state index in [1.807, 2.05) is 0 Å². The van der Waals surface area contributed by atoms with E-state index in [9.17, 15) is 9.90 Å². The maximum atomic E-state index is 10.7. The first-order valence-electron chi connectivity index (χ1n) is 5.24. The van der Waals surface area contributed by atoms with Crippen LogP contribution < -0.4 is 0 Å². The summed E-state index contributed by atoms with van der Waals surface area (Å²) in [5.74, 6) is 0.104. The Morgan fingerprint density at radius 1 is 1.50 bits per heavy atom. The van der Waals surface area contributed by atoms with Gasteiger partial charge in [0.15, 0.2) is 0 Å². The highest BCUT2D eigenvalue weighted by molar-refractivity contribution is 5.65. The molecular formula is C10H17NO3. The molecule has 2 aliphatic rings. The number of fused-ring (bicyclic) bond motifs is 1. The molecule has 2 aliphatic heterocycles. The van der Waals surface area contributed by atoms with Crippen LogP contribution in [0.3, 0.4) is 0 Å². The highest BCUT2D eigenvalue weighted by atomic mass is 16.5. The van der Waals surface area contributed by atoms with Crippen molar-refractivity contribution >= 4 is 5.97 Å². The van der Waals surface area contributed by atoms with Crippen molar-refractivity contribution in [3.8, 4) is 0 Å². The quantitative estimate of drug-likeness (QED) is 0.636. The summed E-state index contributed by atoms with van der Waals surface area (Å²) in [7, 11) is 0. The summed E-state index contributed by atoms with van der Waals surface area (Å²) < 4.78 is 5.01. The van der Waals surface area contributed by atoms with Crippen LogP contribution in [0.1, 0.15) is 19.8 Å². The van der Waals surface area contributed by atoms with Gasteiger partial charge in [-0.15, -0.1) is 0 Å². The predicted molar refractivity (Wildman–Crippen MR) is 50.7 cm³/mol. The number of carbonyl (C=O) groups excluding carboxylic acids is 1. The van der Waals surface area contributed by atoms with Crippen molar-refractivity contribution in [2.75, 3.05) is 19.7 Å². The summed E-state index contributed by atoms with van der Waals surface area (Å²) in [5.41, 5.74) is 0. The van der Waals surface area contributed by atoms with Crippen molar-refractivity contribution in [2.45, 2.75) is 31.9 Å². The smallest absolute Gasteiger partial charge is 0.302 e. The van der Waals surface area contributed by atoms with Gasteiger partial charge in [-0.3, -0.25) is 9.69 Å². The lowest BCUT2D eigenvalue weighted by atomic mass is 9.97. The first-order valence-corrected chi connectivity index (χ1v) is 5.24. The molecule has 2 fully saturated rings. The zero-order valence-corrected chi connectivity index (χ0v) is 8.48. The number of aliphatic hydroxyl groups excluding tert-OH is 1. The van der Waals surface area contributed by atoms with Crippen LogP contribution in [0.15, 0.2) is 0 Å². The van der Waals surface area contributed by atoms with Crippen LogP contribution in [0.4, 0.5) is 0 Å². The SMILES string of the molecule is CC(=O)OC[C@H]1CCN2CC[C@@H](O)C12. The van der Waals surface area contributed by atoms with Crippen molar-refractivity contribution in [2.24, 2.45) is 5.92 Å². The number of nitrogens with zero attached hydrogens (tertiary/aromatic N) is 1. The van der Waals surface area contributed by atoms with Crippen LogP contribution >= 0.6 is 0 Å². The monoisotopic (exact) mass is 199 g/mol. The number of rotatable bonds is 2. The normalized spacial score (nSPS) is 37.1. The van der Waals surface area contributed by atoms with E-state index >= 15 is 0 Å². The average Bonchev–Trinajstić information content (AvgIpc) is 2.66. The number of esters is 1. The van der Waals surface area contributed by atoms with Gasteiger partial charge in [0.1, 0.15) is 0 Å².